The van der Waals surface area contributed by atoms with Gasteiger partial charge in [-0.2, -0.15) is 0 Å². The Morgan fingerprint density at radius 3 is 2.72 bits per heavy atom. The Morgan fingerprint density at radius 2 is 2.00 bits per heavy atom. The van der Waals surface area contributed by atoms with E-state index in [1.54, 1.807) is 0 Å². The summed E-state index contributed by atoms with van der Waals surface area (Å²) in [7, 11) is 0. The molecule has 4 rings (SSSR count). The molecule has 36 heavy (non-hydrogen) atoms. The van der Waals surface area contributed by atoms with Crippen molar-refractivity contribution in [3.63, 3.8) is 0 Å². The first-order valence-corrected chi connectivity index (χ1v) is 12.6. The Bertz CT molecular complexity index is 1240. The minimum absolute atomic E-state index is 0.161. The molecule has 0 spiro atoms. The third-order valence-corrected chi connectivity index (χ3v) is 7.00. The molecule has 0 radical (unpaired) electrons. The van der Waals surface area contributed by atoms with Crippen LogP contribution >= 0.6 is 11.6 Å². The Kier molecular flexibility index (Phi) is 7.79. The molecule has 1 saturated heterocycles. The Balaban J connectivity index is 1.39. The fourth-order valence-electron chi connectivity index (χ4n) is 4.55. The number of nitrogens with one attached hydrogen (secondary N) is 2. The van der Waals surface area contributed by atoms with Crippen molar-refractivity contribution in [3.05, 3.63) is 82.7 Å². The van der Waals surface area contributed by atoms with Gasteiger partial charge in [-0.15, -0.1) is 0 Å². The lowest BCUT2D eigenvalue weighted by atomic mass is 10.0. The number of anilines is 2. The van der Waals surface area contributed by atoms with Crippen molar-refractivity contribution in [2.24, 2.45) is 0 Å². The number of imide groups is 1. The standard InChI is InChI=1S/C28H31ClN4O3/c1-4-32(14-6-7-20-12-10-18(2)23(29)15-20)22-9-5-8-21(16-22)31-24-17-26(34)33(28(24)36)25-13-11-19(3)30-27(25)35/h5,8-10,12,15-17,25,31H,3-4,6-7,11,13-14H2,1-2H3,(H,30,35). The van der Waals surface area contributed by atoms with Gasteiger partial charge in [-0.1, -0.05) is 36.4 Å². The lowest BCUT2D eigenvalue weighted by Gasteiger charge is -2.29. The van der Waals surface area contributed by atoms with Gasteiger partial charge in [0.25, 0.3) is 11.8 Å². The van der Waals surface area contributed by atoms with E-state index in [9.17, 15) is 14.4 Å². The highest BCUT2D eigenvalue weighted by Gasteiger charge is 2.41. The number of rotatable bonds is 9. The Morgan fingerprint density at radius 1 is 1.19 bits per heavy atom. The molecule has 0 aromatic heterocycles. The third-order valence-electron chi connectivity index (χ3n) is 6.59. The van der Waals surface area contributed by atoms with Gasteiger partial charge in [0.15, 0.2) is 0 Å². The second-order valence-corrected chi connectivity index (χ2v) is 9.57. The number of benzene rings is 2. The fraction of sp³-hybridized carbons (Fsp3) is 0.321. The van der Waals surface area contributed by atoms with Gasteiger partial charge in [0.1, 0.15) is 11.7 Å². The van der Waals surface area contributed by atoms with E-state index in [0.717, 1.165) is 47.1 Å². The average Bonchev–Trinajstić information content (AvgIpc) is 3.12. The van der Waals surface area contributed by atoms with Crippen LogP contribution < -0.4 is 15.5 Å². The lowest BCUT2D eigenvalue weighted by Crippen LogP contribution is -2.52. The molecule has 7 nitrogen and oxygen atoms in total. The number of amides is 3. The van der Waals surface area contributed by atoms with Crippen LogP contribution in [-0.4, -0.2) is 41.8 Å². The van der Waals surface area contributed by atoms with Crippen LogP contribution in [0.15, 0.2) is 66.5 Å². The second-order valence-electron chi connectivity index (χ2n) is 9.16. The maximum atomic E-state index is 13.0. The van der Waals surface area contributed by atoms with Crippen LogP contribution in [0.1, 0.15) is 37.3 Å². The molecule has 2 aliphatic heterocycles. The van der Waals surface area contributed by atoms with Gasteiger partial charge in [0, 0.05) is 41.3 Å². The average molecular weight is 507 g/mol. The summed E-state index contributed by atoms with van der Waals surface area (Å²) in [5.41, 5.74) is 4.77. The van der Waals surface area contributed by atoms with E-state index in [2.05, 4.69) is 35.1 Å². The van der Waals surface area contributed by atoms with Gasteiger partial charge < -0.3 is 15.5 Å². The molecule has 0 aliphatic carbocycles. The van der Waals surface area contributed by atoms with E-state index >= 15 is 0 Å². The molecule has 0 saturated carbocycles. The van der Waals surface area contributed by atoms with Crippen LogP contribution in [0.3, 0.4) is 0 Å². The van der Waals surface area contributed by atoms with Crippen LogP contribution in [0.25, 0.3) is 0 Å². The number of piperidine rings is 1. The van der Waals surface area contributed by atoms with Crippen molar-refractivity contribution < 1.29 is 14.4 Å². The van der Waals surface area contributed by atoms with Gasteiger partial charge in [0.2, 0.25) is 5.91 Å². The molecular weight excluding hydrogens is 476 g/mol. The SMILES string of the molecule is C=C1CCC(N2C(=O)C=C(Nc3cccc(N(CC)CCCc4ccc(C)c(Cl)c4)c3)C2=O)C(=O)N1. The number of halogens is 1. The highest BCUT2D eigenvalue weighted by molar-refractivity contribution is 6.31. The number of carbonyl (C=O) groups excluding carboxylic acids is 3. The van der Waals surface area contributed by atoms with Crippen LogP contribution in [0.4, 0.5) is 11.4 Å². The summed E-state index contributed by atoms with van der Waals surface area (Å²) in [6.07, 6.45) is 4.06. The molecule has 1 unspecified atom stereocenters. The fourth-order valence-corrected chi connectivity index (χ4v) is 4.75. The molecule has 2 N–H and O–H groups in total. The summed E-state index contributed by atoms with van der Waals surface area (Å²) in [5, 5.41) is 6.51. The summed E-state index contributed by atoms with van der Waals surface area (Å²) >= 11 is 6.26. The van der Waals surface area contributed by atoms with E-state index in [-0.39, 0.29) is 11.6 Å². The zero-order chi connectivity index (χ0) is 25.8. The minimum atomic E-state index is -0.823. The number of hydrogen-bond acceptors (Lipinski definition) is 5. The van der Waals surface area contributed by atoms with Gasteiger partial charge in [-0.05, 0) is 74.9 Å². The summed E-state index contributed by atoms with van der Waals surface area (Å²) in [4.78, 5) is 41.2. The topological polar surface area (TPSA) is 81.8 Å². The molecule has 1 fully saturated rings. The van der Waals surface area contributed by atoms with E-state index in [4.69, 9.17) is 11.6 Å². The van der Waals surface area contributed by atoms with Crippen molar-refractivity contribution in [1.29, 1.82) is 0 Å². The zero-order valence-electron chi connectivity index (χ0n) is 20.6. The molecule has 0 bridgehead atoms. The second kappa shape index (κ2) is 11.0. The van der Waals surface area contributed by atoms with Crippen molar-refractivity contribution in [2.45, 2.75) is 45.6 Å². The van der Waals surface area contributed by atoms with Crippen LogP contribution in [0.5, 0.6) is 0 Å². The summed E-state index contributed by atoms with van der Waals surface area (Å²) in [6, 6.07) is 13.1. The normalized spacial score (nSPS) is 17.8. The first-order valence-electron chi connectivity index (χ1n) is 12.2. The number of carbonyl (C=O) groups is 3. The summed E-state index contributed by atoms with van der Waals surface area (Å²) in [5.74, 6) is -1.36. The smallest absolute Gasteiger partial charge is 0.278 e. The molecule has 2 aromatic rings. The maximum absolute atomic E-state index is 13.0. The first-order chi connectivity index (χ1) is 17.3. The van der Waals surface area contributed by atoms with Gasteiger partial charge in [-0.25, -0.2) is 0 Å². The van der Waals surface area contributed by atoms with Crippen LogP contribution in [0.2, 0.25) is 5.02 Å². The Labute approximate surface area is 216 Å². The molecule has 8 heteroatoms. The number of nitrogens with zero attached hydrogens (tertiary/aromatic N) is 2. The van der Waals surface area contributed by atoms with E-state index in [1.165, 1.54) is 11.6 Å². The molecule has 3 amide bonds. The van der Waals surface area contributed by atoms with Gasteiger partial charge in [-0.3, -0.25) is 19.3 Å². The summed E-state index contributed by atoms with van der Waals surface area (Å²) < 4.78 is 0. The predicted molar refractivity (Wildman–Crippen MR) is 143 cm³/mol. The summed E-state index contributed by atoms with van der Waals surface area (Å²) in [6.45, 7) is 9.54. The van der Waals surface area contributed by atoms with Crippen molar-refractivity contribution in [1.82, 2.24) is 10.2 Å². The zero-order valence-corrected chi connectivity index (χ0v) is 21.4. The molecule has 2 aliphatic rings. The van der Waals surface area contributed by atoms with Crippen LogP contribution in [0, 0.1) is 6.92 Å². The molecule has 2 heterocycles. The van der Waals surface area contributed by atoms with Crippen molar-refractivity contribution >= 4 is 40.7 Å². The predicted octanol–water partition coefficient (Wildman–Crippen LogP) is 4.56. The van der Waals surface area contributed by atoms with E-state index in [1.807, 2.05) is 43.3 Å². The highest BCUT2D eigenvalue weighted by atomic mass is 35.5. The first kappa shape index (κ1) is 25.5. The minimum Gasteiger partial charge on any atom is -0.372 e. The number of hydrogen-bond donors (Lipinski definition) is 2. The van der Waals surface area contributed by atoms with E-state index < -0.39 is 17.9 Å². The van der Waals surface area contributed by atoms with Gasteiger partial charge >= 0.3 is 0 Å². The molecule has 1 atom stereocenters. The largest absolute Gasteiger partial charge is 0.372 e. The molecule has 2 aromatic carbocycles. The van der Waals surface area contributed by atoms with Gasteiger partial charge in [0.05, 0.1) is 0 Å². The van der Waals surface area contributed by atoms with E-state index in [0.29, 0.717) is 24.2 Å². The molecule has 188 valence electrons. The highest BCUT2D eigenvalue weighted by Crippen LogP contribution is 2.26. The monoisotopic (exact) mass is 506 g/mol. The third kappa shape index (κ3) is 5.62. The quantitative estimate of drug-likeness (QED) is 0.487. The Hall–Kier alpha value is -3.58. The van der Waals surface area contributed by atoms with Crippen LogP contribution in [-0.2, 0) is 20.8 Å². The molecular formula is C28H31ClN4O3. The number of aryl methyl sites for hydroxylation is 2. The lowest BCUT2D eigenvalue weighted by molar-refractivity contribution is -0.146. The number of allylic oxidation sites excluding steroid dienone is 1. The maximum Gasteiger partial charge on any atom is 0.278 e. The van der Waals surface area contributed by atoms with Crippen molar-refractivity contribution in [3.8, 4) is 0 Å². The van der Waals surface area contributed by atoms with Crippen molar-refractivity contribution in [2.75, 3.05) is 23.3 Å².